The second-order valence-corrected chi connectivity index (χ2v) is 3.93. The van der Waals surface area contributed by atoms with E-state index in [4.69, 9.17) is 0 Å². The lowest BCUT2D eigenvalue weighted by Gasteiger charge is -2.18. The lowest BCUT2D eigenvalue weighted by molar-refractivity contribution is -0.549. The molecule has 0 amide bonds. The molecule has 0 radical (unpaired) electrons. The first-order chi connectivity index (χ1) is 6.49. The molecule has 0 bridgehead atoms. The minimum atomic E-state index is -1.06. The molecule has 76 valence electrons. The van der Waals surface area contributed by atoms with Crippen LogP contribution in [0.5, 0.6) is 0 Å². The molecule has 0 heterocycles. The maximum absolute atomic E-state index is 11.2. The number of hydrogen-bond donors (Lipinski definition) is 0. The van der Waals surface area contributed by atoms with Gasteiger partial charge in [-0.3, -0.25) is 14.9 Å². The zero-order chi connectivity index (χ0) is 10.8. The van der Waals surface area contributed by atoms with Gasteiger partial charge in [-0.2, -0.15) is 0 Å². The van der Waals surface area contributed by atoms with Crippen LogP contribution in [0.3, 0.4) is 0 Å². The highest BCUT2D eigenvalue weighted by Crippen LogP contribution is 2.24. The van der Waals surface area contributed by atoms with Crippen molar-refractivity contribution in [2.45, 2.75) is 18.9 Å². The van der Waals surface area contributed by atoms with Crippen LogP contribution < -0.4 is 0 Å². The van der Waals surface area contributed by atoms with Gasteiger partial charge in [0.15, 0.2) is 5.78 Å². The molecular weight excluding hydrogens is 250 g/mol. The maximum Gasteiger partial charge on any atom is 0.241 e. The Morgan fingerprint density at radius 2 is 2.43 bits per heavy atom. The van der Waals surface area contributed by atoms with Crippen LogP contribution in [0.25, 0.3) is 0 Å². The molecule has 0 aromatic heterocycles. The molecule has 5 heteroatoms. The number of rotatable bonds is 3. The van der Waals surface area contributed by atoms with Crippen molar-refractivity contribution in [2.75, 3.05) is 5.33 Å². The summed E-state index contributed by atoms with van der Waals surface area (Å²) < 4.78 is 0. The molecule has 0 N–H and O–H groups in total. The van der Waals surface area contributed by atoms with Crippen molar-refractivity contribution in [1.29, 1.82) is 0 Å². The maximum atomic E-state index is 11.2. The number of ketones is 1. The molecule has 0 fully saturated rings. The van der Waals surface area contributed by atoms with Gasteiger partial charge in [-0.1, -0.05) is 22.0 Å². The van der Waals surface area contributed by atoms with E-state index < -0.39 is 5.54 Å². The number of alkyl halides is 1. The van der Waals surface area contributed by atoms with E-state index in [1.165, 1.54) is 19.1 Å². The van der Waals surface area contributed by atoms with Crippen molar-refractivity contribution in [3.63, 3.8) is 0 Å². The number of Topliss-reactive ketones (excluding diaryl/α,β-unsaturated/α-hetero) is 1. The standard InChI is InChI=1S/C9H10BrNO3/c1-9(11(13)14)4-2-7(3-5-9)8(12)6-10/h2-4H,5-6H2,1H3. The molecule has 0 aliphatic heterocycles. The molecule has 1 unspecified atom stereocenters. The zero-order valence-corrected chi connectivity index (χ0v) is 9.28. The molecule has 0 saturated carbocycles. The van der Waals surface area contributed by atoms with E-state index in [0.29, 0.717) is 5.57 Å². The topological polar surface area (TPSA) is 60.2 Å². The fourth-order valence-electron chi connectivity index (χ4n) is 1.14. The first kappa shape index (κ1) is 11.1. The third kappa shape index (κ3) is 2.09. The van der Waals surface area contributed by atoms with Gasteiger partial charge in [0.05, 0.1) is 5.33 Å². The van der Waals surface area contributed by atoms with Crippen LogP contribution in [0.2, 0.25) is 0 Å². The highest BCUT2D eigenvalue weighted by Gasteiger charge is 2.35. The van der Waals surface area contributed by atoms with Gasteiger partial charge in [-0.15, -0.1) is 0 Å². The number of halogens is 1. The van der Waals surface area contributed by atoms with Crippen molar-refractivity contribution < 1.29 is 9.72 Å². The zero-order valence-electron chi connectivity index (χ0n) is 7.70. The first-order valence-electron chi connectivity index (χ1n) is 4.12. The molecule has 1 aliphatic carbocycles. The van der Waals surface area contributed by atoms with Crippen LogP contribution >= 0.6 is 15.9 Å². The first-order valence-corrected chi connectivity index (χ1v) is 5.25. The van der Waals surface area contributed by atoms with Crippen LogP contribution in [-0.2, 0) is 4.79 Å². The summed E-state index contributed by atoms with van der Waals surface area (Å²) in [6.07, 6.45) is 4.88. The lowest BCUT2D eigenvalue weighted by Crippen LogP contribution is -2.33. The van der Waals surface area contributed by atoms with Gasteiger partial charge in [0.25, 0.3) is 0 Å². The molecule has 0 aromatic rings. The van der Waals surface area contributed by atoms with Gasteiger partial charge in [0.1, 0.15) is 0 Å². The summed E-state index contributed by atoms with van der Waals surface area (Å²) >= 11 is 3.05. The van der Waals surface area contributed by atoms with Gasteiger partial charge in [-0.05, 0) is 12.2 Å². The Morgan fingerprint density at radius 3 is 2.79 bits per heavy atom. The van der Waals surface area contributed by atoms with Crippen molar-refractivity contribution in [1.82, 2.24) is 0 Å². The highest BCUT2D eigenvalue weighted by molar-refractivity contribution is 9.09. The third-order valence-electron chi connectivity index (χ3n) is 2.22. The molecule has 14 heavy (non-hydrogen) atoms. The van der Waals surface area contributed by atoms with Crippen molar-refractivity contribution in [3.05, 3.63) is 33.9 Å². The van der Waals surface area contributed by atoms with E-state index in [9.17, 15) is 14.9 Å². The van der Waals surface area contributed by atoms with Crippen molar-refractivity contribution in [3.8, 4) is 0 Å². The number of nitro groups is 1. The Bertz CT molecular complexity index is 335. The predicted octanol–water partition coefficient (Wildman–Crippen LogP) is 1.87. The molecule has 1 aliphatic rings. The Hall–Kier alpha value is -0.970. The molecule has 0 aromatic carbocycles. The number of nitrogens with zero attached hydrogens (tertiary/aromatic N) is 1. The van der Waals surface area contributed by atoms with E-state index >= 15 is 0 Å². The predicted molar refractivity (Wildman–Crippen MR) is 56.0 cm³/mol. The van der Waals surface area contributed by atoms with Crippen LogP contribution in [0.15, 0.2) is 23.8 Å². The number of hydrogen-bond acceptors (Lipinski definition) is 3. The minimum absolute atomic E-state index is 0.0494. The third-order valence-corrected chi connectivity index (χ3v) is 2.73. The number of carbonyl (C=O) groups excluding carboxylic acids is 1. The van der Waals surface area contributed by atoms with E-state index in [1.807, 2.05) is 0 Å². The quantitative estimate of drug-likeness (QED) is 0.442. The van der Waals surface area contributed by atoms with Crippen LogP contribution in [0.1, 0.15) is 13.3 Å². The molecule has 0 spiro atoms. The minimum Gasteiger partial charge on any atom is -0.293 e. The Kier molecular flexibility index (Phi) is 3.21. The second kappa shape index (κ2) is 4.04. The fraction of sp³-hybridized carbons (Fsp3) is 0.444. The monoisotopic (exact) mass is 259 g/mol. The molecular formula is C9H10BrNO3. The second-order valence-electron chi connectivity index (χ2n) is 3.37. The summed E-state index contributed by atoms with van der Waals surface area (Å²) in [6.45, 7) is 1.54. The number of carbonyl (C=O) groups is 1. The van der Waals surface area contributed by atoms with Gasteiger partial charge in [-0.25, -0.2) is 0 Å². The summed E-state index contributed by atoms with van der Waals surface area (Å²) in [7, 11) is 0. The average molecular weight is 260 g/mol. The summed E-state index contributed by atoms with van der Waals surface area (Å²) in [5, 5.41) is 10.9. The smallest absolute Gasteiger partial charge is 0.241 e. The van der Waals surface area contributed by atoms with Crippen LogP contribution in [0.4, 0.5) is 0 Å². The van der Waals surface area contributed by atoms with Gasteiger partial charge < -0.3 is 0 Å². The fourth-order valence-corrected chi connectivity index (χ4v) is 1.47. The normalized spacial score (nSPS) is 25.7. The van der Waals surface area contributed by atoms with E-state index in [2.05, 4.69) is 15.9 Å². The van der Waals surface area contributed by atoms with Crippen LogP contribution in [-0.4, -0.2) is 21.6 Å². The molecule has 1 rings (SSSR count). The van der Waals surface area contributed by atoms with Crippen molar-refractivity contribution >= 4 is 21.7 Å². The Morgan fingerprint density at radius 1 is 1.79 bits per heavy atom. The summed E-state index contributed by atoms with van der Waals surface area (Å²) in [6, 6.07) is 0. The Labute approximate surface area is 90.0 Å². The average Bonchev–Trinajstić information content (AvgIpc) is 2.17. The summed E-state index contributed by atoms with van der Waals surface area (Å²) in [5.41, 5.74) is -0.517. The summed E-state index contributed by atoms with van der Waals surface area (Å²) in [5.74, 6) is -0.0494. The van der Waals surface area contributed by atoms with Gasteiger partial charge in [0, 0.05) is 23.8 Å². The van der Waals surface area contributed by atoms with E-state index in [1.54, 1.807) is 6.08 Å². The van der Waals surface area contributed by atoms with Gasteiger partial charge >= 0.3 is 0 Å². The van der Waals surface area contributed by atoms with E-state index in [-0.39, 0.29) is 22.5 Å². The van der Waals surface area contributed by atoms with Crippen LogP contribution in [0, 0.1) is 10.1 Å². The van der Waals surface area contributed by atoms with E-state index in [0.717, 1.165) is 0 Å². The SMILES string of the molecule is CC1([N+](=O)[O-])C=CC(C(=O)CBr)=CC1. The molecule has 4 nitrogen and oxygen atoms in total. The van der Waals surface area contributed by atoms with Gasteiger partial charge in [0.2, 0.25) is 5.54 Å². The Balaban J connectivity index is 2.80. The van der Waals surface area contributed by atoms with Crippen molar-refractivity contribution in [2.24, 2.45) is 0 Å². The number of allylic oxidation sites excluding steroid dienone is 2. The largest absolute Gasteiger partial charge is 0.293 e. The molecule has 0 saturated heterocycles. The highest BCUT2D eigenvalue weighted by atomic mass is 79.9. The molecule has 1 atom stereocenters. The summed E-state index contributed by atoms with van der Waals surface area (Å²) in [4.78, 5) is 21.5. The lowest BCUT2D eigenvalue weighted by atomic mass is 9.90.